The third kappa shape index (κ3) is 4.45. The summed E-state index contributed by atoms with van der Waals surface area (Å²) in [6.07, 6.45) is 3.31. The predicted molar refractivity (Wildman–Crippen MR) is 139 cm³/mol. The lowest BCUT2D eigenvalue weighted by Gasteiger charge is -2.36. The van der Waals surface area contributed by atoms with Crippen molar-refractivity contribution in [1.29, 1.82) is 0 Å². The Morgan fingerprint density at radius 1 is 0.973 bits per heavy atom. The number of benzene rings is 1. The van der Waals surface area contributed by atoms with Crippen LogP contribution in [-0.4, -0.2) is 80.6 Å². The summed E-state index contributed by atoms with van der Waals surface area (Å²) < 4.78 is 14.4. The Hall–Kier alpha value is -4.15. The number of methoxy groups -OCH3 is 2. The largest absolute Gasteiger partial charge is 0.493 e. The van der Waals surface area contributed by atoms with Crippen LogP contribution in [0.4, 0.5) is 5.82 Å². The molecule has 1 aliphatic heterocycles. The van der Waals surface area contributed by atoms with Crippen molar-refractivity contribution in [3.8, 4) is 22.6 Å². The Morgan fingerprint density at radius 2 is 1.70 bits per heavy atom. The van der Waals surface area contributed by atoms with Crippen molar-refractivity contribution in [2.24, 2.45) is 7.05 Å². The van der Waals surface area contributed by atoms with Gasteiger partial charge in [0.2, 0.25) is 0 Å². The van der Waals surface area contributed by atoms with Crippen LogP contribution in [0.5, 0.6) is 11.5 Å². The molecule has 0 atom stereocenters. The molecule has 0 saturated carbocycles. The Labute approximate surface area is 215 Å². The van der Waals surface area contributed by atoms with Crippen LogP contribution in [0.3, 0.4) is 0 Å². The number of carbonyl (C=O) groups is 1. The summed E-state index contributed by atoms with van der Waals surface area (Å²) in [5, 5.41) is 9.02. The highest BCUT2D eigenvalue weighted by molar-refractivity contribution is 5.93. The van der Waals surface area contributed by atoms with E-state index in [-0.39, 0.29) is 11.3 Å². The van der Waals surface area contributed by atoms with Gasteiger partial charge in [-0.05, 0) is 23.8 Å². The van der Waals surface area contributed by atoms with Crippen LogP contribution in [0.15, 0.2) is 36.8 Å². The molecule has 1 saturated heterocycles. The van der Waals surface area contributed by atoms with Gasteiger partial charge in [0, 0.05) is 50.4 Å². The number of anilines is 1. The number of nitrogens with zero attached hydrogens (tertiary/aromatic N) is 8. The summed E-state index contributed by atoms with van der Waals surface area (Å²) >= 11 is 0. The fourth-order valence-corrected chi connectivity index (χ4v) is 4.60. The molecule has 3 aromatic heterocycles. The number of carbonyl (C=O) groups excluding carboxylic acids is 1. The first-order chi connectivity index (χ1) is 17.7. The van der Waals surface area contributed by atoms with E-state index in [1.165, 1.54) is 6.33 Å². The van der Waals surface area contributed by atoms with Crippen LogP contribution < -0.4 is 14.4 Å². The number of piperazine rings is 1. The standard InChI is InChI=1S/C26H32N8O3/c1-26(2,3)22-14-19(31(4)30-22)24(35)33-11-9-32(10-12-33)23-18(15-27-25-28-16-29-34(23)25)17-7-8-20(36-5)21(13-17)37-6/h7-8,13-16H,9-12H2,1-6H3. The average Bonchev–Trinajstić information content (AvgIpc) is 3.54. The molecule has 0 bridgehead atoms. The number of rotatable bonds is 5. The lowest BCUT2D eigenvalue weighted by atomic mass is 9.92. The van der Waals surface area contributed by atoms with E-state index in [0.717, 1.165) is 22.6 Å². The molecular weight excluding hydrogens is 472 g/mol. The number of aryl methyl sites for hydroxylation is 1. The van der Waals surface area contributed by atoms with Gasteiger partial charge in [-0.3, -0.25) is 9.48 Å². The van der Waals surface area contributed by atoms with Gasteiger partial charge in [-0.25, -0.2) is 4.98 Å². The lowest BCUT2D eigenvalue weighted by molar-refractivity contribution is 0.0735. The Morgan fingerprint density at radius 3 is 2.35 bits per heavy atom. The van der Waals surface area contributed by atoms with Gasteiger partial charge in [-0.2, -0.15) is 19.7 Å². The van der Waals surface area contributed by atoms with Gasteiger partial charge in [0.15, 0.2) is 11.5 Å². The van der Waals surface area contributed by atoms with Crippen LogP contribution in [0.1, 0.15) is 37.0 Å². The molecule has 0 unspecified atom stereocenters. The van der Waals surface area contributed by atoms with Gasteiger partial charge in [0.05, 0.1) is 19.9 Å². The van der Waals surface area contributed by atoms with Crippen molar-refractivity contribution in [2.75, 3.05) is 45.3 Å². The maximum Gasteiger partial charge on any atom is 0.272 e. The van der Waals surface area contributed by atoms with Crippen molar-refractivity contribution < 1.29 is 14.3 Å². The molecule has 1 aromatic carbocycles. The highest BCUT2D eigenvalue weighted by atomic mass is 16.5. The van der Waals surface area contributed by atoms with E-state index in [1.54, 1.807) is 23.4 Å². The highest BCUT2D eigenvalue weighted by Gasteiger charge is 2.29. The summed E-state index contributed by atoms with van der Waals surface area (Å²) in [5.41, 5.74) is 3.19. The molecule has 11 heteroatoms. The highest BCUT2D eigenvalue weighted by Crippen LogP contribution is 2.36. The van der Waals surface area contributed by atoms with Crippen molar-refractivity contribution in [1.82, 2.24) is 34.3 Å². The summed E-state index contributed by atoms with van der Waals surface area (Å²) in [6.45, 7) is 8.69. The molecule has 0 N–H and O–H groups in total. The van der Waals surface area contributed by atoms with Crippen molar-refractivity contribution >= 4 is 17.5 Å². The van der Waals surface area contributed by atoms with Gasteiger partial charge in [-0.1, -0.05) is 26.8 Å². The van der Waals surface area contributed by atoms with Crippen LogP contribution >= 0.6 is 0 Å². The molecule has 1 aliphatic rings. The second-order valence-corrected chi connectivity index (χ2v) is 10.1. The summed E-state index contributed by atoms with van der Waals surface area (Å²) in [6, 6.07) is 7.68. The summed E-state index contributed by atoms with van der Waals surface area (Å²) in [7, 11) is 5.05. The first kappa shape index (κ1) is 24.5. The number of hydrogen-bond donors (Lipinski definition) is 0. The second-order valence-electron chi connectivity index (χ2n) is 10.1. The molecule has 194 valence electrons. The first-order valence-electron chi connectivity index (χ1n) is 12.2. The Bertz CT molecular complexity index is 1440. The monoisotopic (exact) mass is 504 g/mol. The van der Waals surface area contributed by atoms with E-state index in [2.05, 4.69) is 45.8 Å². The Kier molecular flexibility index (Phi) is 6.22. The smallest absolute Gasteiger partial charge is 0.272 e. The summed E-state index contributed by atoms with van der Waals surface area (Å²) in [4.78, 5) is 26.3. The molecule has 1 fully saturated rings. The van der Waals surface area contributed by atoms with Crippen LogP contribution in [0, 0.1) is 0 Å². The van der Waals surface area contributed by atoms with E-state index >= 15 is 0 Å². The maximum atomic E-state index is 13.4. The number of ether oxygens (including phenoxy) is 2. The van der Waals surface area contributed by atoms with Crippen molar-refractivity contribution in [2.45, 2.75) is 26.2 Å². The lowest BCUT2D eigenvalue weighted by Crippen LogP contribution is -2.49. The summed E-state index contributed by atoms with van der Waals surface area (Å²) in [5.74, 6) is 2.66. The third-order valence-electron chi connectivity index (χ3n) is 6.71. The van der Waals surface area contributed by atoms with Gasteiger partial charge < -0.3 is 19.3 Å². The minimum atomic E-state index is -0.125. The number of hydrogen-bond acceptors (Lipinski definition) is 8. The second kappa shape index (κ2) is 9.38. The molecular formula is C26H32N8O3. The zero-order valence-electron chi connectivity index (χ0n) is 22.1. The Balaban J connectivity index is 1.43. The number of amides is 1. The zero-order chi connectivity index (χ0) is 26.3. The minimum Gasteiger partial charge on any atom is -0.493 e. The van der Waals surface area contributed by atoms with Crippen molar-refractivity contribution in [3.05, 3.63) is 48.2 Å². The van der Waals surface area contributed by atoms with Crippen LogP contribution in [0.25, 0.3) is 16.9 Å². The fraction of sp³-hybridized carbons (Fsp3) is 0.423. The minimum absolute atomic E-state index is 0.00843. The van der Waals surface area contributed by atoms with Crippen LogP contribution in [-0.2, 0) is 12.5 Å². The number of fused-ring (bicyclic) bond motifs is 1. The normalized spacial score (nSPS) is 14.3. The van der Waals surface area contributed by atoms with E-state index in [4.69, 9.17) is 9.47 Å². The fourth-order valence-electron chi connectivity index (χ4n) is 4.60. The quantitative estimate of drug-likeness (QED) is 0.409. The number of aromatic nitrogens is 6. The van der Waals surface area contributed by atoms with Crippen molar-refractivity contribution in [3.63, 3.8) is 0 Å². The van der Waals surface area contributed by atoms with E-state index in [9.17, 15) is 4.79 Å². The third-order valence-corrected chi connectivity index (χ3v) is 6.71. The molecule has 0 radical (unpaired) electrons. The van der Waals surface area contributed by atoms with Crippen LogP contribution in [0.2, 0.25) is 0 Å². The molecule has 0 spiro atoms. The molecule has 4 aromatic rings. The van der Waals surface area contributed by atoms with Gasteiger partial charge in [0.25, 0.3) is 11.7 Å². The molecule has 11 nitrogen and oxygen atoms in total. The molecule has 37 heavy (non-hydrogen) atoms. The molecule has 1 amide bonds. The topological polar surface area (TPSA) is 103 Å². The predicted octanol–water partition coefficient (Wildman–Crippen LogP) is 2.80. The van der Waals surface area contributed by atoms with E-state index in [1.807, 2.05) is 42.4 Å². The first-order valence-corrected chi connectivity index (χ1v) is 12.2. The van der Waals surface area contributed by atoms with Gasteiger partial charge in [-0.15, -0.1) is 0 Å². The SMILES string of the molecule is COc1ccc(-c2cnc3ncnn3c2N2CCN(C(=O)c3cc(C(C)(C)C)nn3C)CC2)cc1OC. The molecule has 0 aliphatic carbocycles. The average molecular weight is 505 g/mol. The molecule has 4 heterocycles. The zero-order valence-corrected chi connectivity index (χ0v) is 22.1. The molecule has 5 rings (SSSR count). The maximum absolute atomic E-state index is 13.4. The van der Waals surface area contributed by atoms with E-state index < -0.39 is 0 Å². The van der Waals surface area contributed by atoms with Gasteiger partial charge >= 0.3 is 0 Å². The van der Waals surface area contributed by atoms with Gasteiger partial charge in [0.1, 0.15) is 17.8 Å². The van der Waals surface area contributed by atoms with E-state index in [0.29, 0.717) is 49.1 Å².